The molecule has 7 heteroatoms. The van der Waals surface area contributed by atoms with Crippen LogP contribution in [-0.4, -0.2) is 29.8 Å². The molecule has 0 spiro atoms. The molecule has 144 valence electrons. The first-order valence-electron chi connectivity index (χ1n) is 9.31. The monoisotopic (exact) mass is 393 g/mol. The highest BCUT2D eigenvalue weighted by molar-refractivity contribution is 7.21. The van der Waals surface area contributed by atoms with E-state index >= 15 is 0 Å². The van der Waals surface area contributed by atoms with Crippen molar-refractivity contribution in [2.75, 3.05) is 18.8 Å². The van der Waals surface area contributed by atoms with Gasteiger partial charge in [-0.15, -0.1) is 11.3 Å². The summed E-state index contributed by atoms with van der Waals surface area (Å²) in [6.07, 6.45) is 1.83. The molecule has 1 aliphatic rings. The Balaban J connectivity index is 1.68. The van der Waals surface area contributed by atoms with Gasteiger partial charge in [0.1, 0.15) is 15.5 Å². The summed E-state index contributed by atoms with van der Waals surface area (Å²) in [5.74, 6) is 0.465. The first-order chi connectivity index (χ1) is 13.5. The highest BCUT2D eigenvalue weighted by atomic mass is 32.1. The molecule has 0 aliphatic carbocycles. The lowest BCUT2D eigenvalue weighted by Gasteiger charge is -2.15. The van der Waals surface area contributed by atoms with Gasteiger partial charge in [-0.2, -0.15) is 0 Å². The second-order valence-corrected chi connectivity index (χ2v) is 8.07. The number of aliphatic imine (C=N–C) groups is 1. The molecule has 0 unspecified atom stereocenters. The topological polar surface area (TPSA) is 106 Å². The number of anilines is 1. The van der Waals surface area contributed by atoms with Gasteiger partial charge >= 0.3 is 0 Å². The number of nitrogens with zero attached hydrogens (tertiary/aromatic N) is 2. The molecule has 0 bridgehead atoms. The van der Waals surface area contributed by atoms with Crippen LogP contribution in [0.25, 0.3) is 10.2 Å². The van der Waals surface area contributed by atoms with E-state index in [0.717, 1.165) is 64.4 Å². The Bertz CT molecular complexity index is 1100. The molecule has 5 N–H and O–H groups in total. The Kier molecular flexibility index (Phi) is 4.77. The van der Waals surface area contributed by atoms with Crippen molar-refractivity contribution in [2.45, 2.75) is 26.7 Å². The minimum atomic E-state index is -0.506. The molecular formula is C21H23N5OS. The number of nitrogens with two attached hydrogens (primary N) is 2. The van der Waals surface area contributed by atoms with E-state index in [9.17, 15) is 4.79 Å². The fourth-order valence-electron chi connectivity index (χ4n) is 3.67. The van der Waals surface area contributed by atoms with Crippen LogP contribution < -0.4 is 16.8 Å². The number of benzene rings is 1. The molecule has 3 heterocycles. The quantitative estimate of drug-likeness (QED) is 0.633. The highest BCUT2D eigenvalue weighted by Gasteiger charge is 2.20. The van der Waals surface area contributed by atoms with E-state index in [1.54, 1.807) is 0 Å². The van der Waals surface area contributed by atoms with E-state index < -0.39 is 5.91 Å². The van der Waals surface area contributed by atoms with Crippen LogP contribution in [0.5, 0.6) is 0 Å². The van der Waals surface area contributed by atoms with Crippen molar-refractivity contribution < 1.29 is 4.79 Å². The minimum absolute atomic E-state index is 0.382. The van der Waals surface area contributed by atoms with Crippen LogP contribution >= 0.6 is 11.3 Å². The van der Waals surface area contributed by atoms with Gasteiger partial charge in [0.25, 0.3) is 5.91 Å². The normalized spacial score (nSPS) is 14.0. The number of carbonyl (C=O) groups excluding carboxylic acids is 1. The van der Waals surface area contributed by atoms with Gasteiger partial charge in [-0.3, -0.25) is 9.79 Å². The standard InChI is InChI=1S/C21H23N5OS/c1-11-15(12(2)26-21-16(11)17(22)18(28-21)19(23)27)10-13-4-6-14(7-5-13)20-24-8-3-9-25-20/h4-7H,3,8-10,22H2,1-2H3,(H2,23,27)(H,24,25). The number of aromatic nitrogens is 1. The summed E-state index contributed by atoms with van der Waals surface area (Å²) in [6.45, 7) is 5.88. The summed E-state index contributed by atoms with van der Waals surface area (Å²) in [7, 11) is 0. The number of hydrogen-bond donors (Lipinski definition) is 3. The second kappa shape index (κ2) is 7.24. The molecule has 4 rings (SSSR count). The Labute approximate surface area is 167 Å². The van der Waals surface area contributed by atoms with E-state index in [2.05, 4.69) is 39.6 Å². The maximum atomic E-state index is 11.6. The average Bonchev–Trinajstić information content (AvgIpc) is 3.03. The van der Waals surface area contributed by atoms with Gasteiger partial charge in [0.05, 0.1) is 5.69 Å². The molecule has 0 atom stereocenters. The summed E-state index contributed by atoms with van der Waals surface area (Å²) >= 11 is 1.26. The number of amides is 1. The Morgan fingerprint density at radius 2 is 2.00 bits per heavy atom. The zero-order valence-corrected chi connectivity index (χ0v) is 16.8. The third kappa shape index (κ3) is 3.22. The maximum absolute atomic E-state index is 11.6. The first-order valence-corrected chi connectivity index (χ1v) is 10.1. The molecule has 2 aromatic heterocycles. The smallest absolute Gasteiger partial charge is 0.260 e. The van der Waals surface area contributed by atoms with Gasteiger partial charge in [-0.1, -0.05) is 24.3 Å². The number of rotatable bonds is 4. The Morgan fingerprint density at radius 3 is 2.64 bits per heavy atom. The molecule has 6 nitrogen and oxygen atoms in total. The zero-order valence-electron chi connectivity index (χ0n) is 16.0. The van der Waals surface area contributed by atoms with Crippen molar-refractivity contribution in [3.63, 3.8) is 0 Å². The number of primary amides is 1. The fraction of sp³-hybridized carbons (Fsp3) is 0.286. The number of fused-ring (bicyclic) bond motifs is 1. The number of carbonyl (C=O) groups is 1. The number of thiophene rings is 1. The molecule has 1 aliphatic heterocycles. The lowest BCUT2D eigenvalue weighted by Crippen LogP contribution is -2.30. The van der Waals surface area contributed by atoms with Crippen LogP contribution in [0.2, 0.25) is 0 Å². The van der Waals surface area contributed by atoms with Gasteiger partial charge < -0.3 is 16.8 Å². The molecule has 1 amide bonds. The molecular weight excluding hydrogens is 370 g/mol. The van der Waals surface area contributed by atoms with E-state index in [1.165, 1.54) is 16.9 Å². The third-order valence-corrected chi connectivity index (χ3v) is 6.30. The van der Waals surface area contributed by atoms with Gasteiger partial charge in [0.15, 0.2) is 0 Å². The molecule has 0 saturated carbocycles. The molecule has 1 aromatic carbocycles. The van der Waals surface area contributed by atoms with Crippen LogP contribution in [0, 0.1) is 13.8 Å². The summed E-state index contributed by atoms with van der Waals surface area (Å²) in [5, 5.41) is 4.19. The second-order valence-electron chi connectivity index (χ2n) is 7.07. The van der Waals surface area contributed by atoms with Crippen molar-refractivity contribution in [3.8, 4) is 0 Å². The third-order valence-electron chi connectivity index (χ3n) is 5.19. The first kappa shape index (κ1) is 18.4. The summed E-state index contributed by atoms with van der Waals surface area (Å²) in [4.78, 5) is 22.0. The van der Waals surface area contributed by atoms with E-state index in [0.29, 0.717) is 10.6 Å². The largest absolute Gasteiger partial charge is 0.397 e. The highest BCUT2D eigenvalue weighted by Crippen LogP contribution is 2.37. The van der Waals surface area contributed by atoms with E-state index in [-0.39, 0.29) is 0 Å². The van der Waals surface area contributed by atoms with E-state index in [4.69, 9.17) is 11.5 Å². The molecule has 0 saturated heterocycles. The van der Waals surface area contributed by atoms with Gasteiger partial charge in [0.2, 0.25) is 0 Å². The fourth-order valence-corrected chi connectivity index (χ4v) is 4.72. The van der Waals surface area contributed by atoms with Crippen molar-refractivity contribution in [2.24, 2.45) is 10.7 Å². The SMILES string of the molecule is Cc1nc2sc(C(N)=O)c(N)c2c(C)c1Cc1ccc(C2=NCCCN2)cc1. The Hall–Kier alpha value is -2.93. The number of nitrogens with one attached hydrogen (secondary N) is 1. The number of nitrogen functional groups attached to an aromatic ring is 1. The predicted molar refractivity (Wildman–Crippen MR) is 115 cm³/mol. The van der Waals surface area contributed by atoms with E-state index in [1.807, 2.05) is 13.8 Å². The number of aryl methyl sites for hydroxylation is 2. The lowest BCUT2D eigenvalue weighted by atomic mass is 9.96. The van der Waals surface area contributed by atoms with Crippen LogP contribution in [0.15, 0.2) is 29.3 Å². The molecule has 3 aromatic rings. The molecule has 0 radical (unpaired) electrons. The summed E-state index contributed by atoms with van der Waals surface area (Å²) in [5.41, 5.74) is 17.5. The van der Waals surface area contributed by atoms with Crippen LogP contribution in [0.4, 0.5) is 5.69 Å². The van der Waals surface area contributed by atoms with Crippen molar-refractivity contribution in [1.82, 2.24) is 10.3 Å². The minimum Gasteiger partial charge on any atom is -0.397 e. The lowest BCUT2D eigenvalue weighted by molar-refractivity contribution is 0.100. The van der Waals surface area contributed by atoms with Crippen molar-refractivity contribution in [1.29, 1.82) is 0 Å². The maximum Gasteiger partial charge on any atom is 0.260 e. The number of amidine groups is 1. The summed E-state index contributed by atoms with van der Waals surface area (Å²) in [6, 6.07) is 8.46. The van der Waals surface area contributed by atoms with Crippen molar-refractivity contribution in [3.05, 3.63) is 57.1 Å². The Morgan fingerprint density at radius 1 is 1.25 bits per heavy atom. The summed E-state index contributed by atoms with van der Waals surface area (Å²) < 4.78 is 0. The van der Waals surface area contributed by atoms with Gasteiger partial charge in [-0.05, 0) is 43.4 Å². The van der Waals surface area contributed by atoms with Gasteiger partial charge in [-0.25, -0.2) is 4.98 Å². The number of pyridine rings is 1. The molecule has 0 fully saturated rings. The van der Waals surface area contributed by atoms with Crippen molar-refractivity contribution >= 4 is 39.0 Å². The average molecular weight is 394 g/mol. The predicted octanol–water partition coefficient (Wildman–Crippen LogP) is 2.92. The van der Waals surface area contributed by atoms with Crippen LogP contribution in [0.1, 0.15) is 44.0 Å². The van der Waals surface area contributed by atoms with Gasteiger partial charge in [0, 0.05) is 29.7 Å². The zero-order chi connectivity index (χ0) is 19.8. The number of hydrogen-bond acceptors (Lipinski definition) is 6. The van der Waals surface area contributed by atoms with Crippen LogP contribution in [0.3, 0.4) is 0 Å². The van der Waals surface area contributed by atoms with Crippen LogP contribution in [-0.2, 0) is 6.42 Å². The molecule has 28 heavy (non-hydrogen) atoms.